The lowest BCUT2D eigenvalue weighted by molar-refractivity contribution is -0.164. The lowest BCUT2D eigenvalue weighted by atomic mass is 9.98. The molecule has 2 aromatic heterocycles. The number of hydrogen-bond acceptors (Lipinski definition) is 6. The third-order valence-corrected chi connectivity index (χ3v) is 4.17. The van der Waals surface area contributed by atoms with Crippen molar-refractivity contribution in [1.29, 1.82) is 0 Å². The molecular formula is C15H12BrF3N4O3. The van der Waals surface area contributed by atoms with E-state index in [9.17, 15) is 18.0 Å². The minimum Gasteiger partial charge on any atom is -0.466 e. The number of rotatable bonds is 3. The van der Waals surface area contributed by atoms with Gasteiger partial charge in [-0.05, 0) is 41.1 Å². The molecule has 1 aliphatic heterocycles. The van der Waals surface area contributed by atoms with E-state index in [4.69, 9.17) is 4.84 Å². The first kappa shape index (κ1) is 18.4. The van der Waals surface area contributed by atoms with Crippen LogP contribution in [0.2, 0.25) is 0 Å². The Bertz CT molecular complexity index is 879. The van der Waals surface area contributed by atoms with Gasteiger partial charge in [0.2, 0.25) is 5.60 Å². The first-order valence-corrected chi connectivity index (χ1v) is 8.06. The average Bonchev–Trinajstić information content (AvgIpc) is 3.19. The van der Waals surface area contributed by atoms with Crippen molar-refractivity contribution in [3.8, 4) is 5.82 Å². The highest BCUT2D eigenvalue weighted by molar-refractivity contribution is 9.10. The second kappa shape index (κ2) is 6.38. The number of carbonyl (C=O) groups excluding carboxylic acids is 1. The lowest BCUT2D eigenvalue weighted by Gasteiger charge is -2.17. The van der Waals surface area contributed by atoms with E-state index in [2.05, 4.69) is 35.9 Å². The summed E-state index contributed by atoms with van der Waals surface area (Å²) in [7, 11) is 1.19. The van der Waals surface area contributed by atoms with Crippen molar-refractivity contribution in [2.75, 3.05) is 7.11 Å². The second-order valence-electron chi connectivity index (χ2n) is 5.69. The van der Waals surface area contributed by atoms with E-state index < -0.39 is 23.4 Å². The van der Waals surface area contributed by atoms with Crippen LogP contribution in [0.1, 0.15) is 24.7 Å². The topological polar surface area (TPSA) is 78.6 Å². The first-order chi connectivity index (χ1) is 12.1. The van der Waals surface area contributed by atoms with E-state index in [-0.39, 0.29) is 23.6 Å². The minimum absolute atomic E-state index is 0.0120. The molecule has 1 atom stereocenters. The fourth-order valence-corrected chi connectivity index (χ4v) is 2.63. The molecule has 3 rings (SSSR count). The first-order valence-electron chi connectivity index (χ1n) is 7.27. The van der Waals surface area contributed by atoms with E-state index in [0.29, 0.717) is 9.15 Å². The highest BCUT2D eigenvalue weighted by Crippen LogP contribution is 2.33. The Kier molecular flexibility index (Phi) is 4.51. The van der Waals surface area contributed by atoms with Crippen LogP contribution in [-0.2, 0) is 20.5 Å². The summed E-state index contributed by atoms with van der Waals surface area (Å²) in [6.07, 6.45) is -3.37. The van der Waals surface area contributed by atoms with Crippen molar-refractivity contribution in [1.82, 2.24) is 14.8 Å². The molecular weight excluding hydrogens is 421 g/mol. The zero-order valence-corrected chi connectivity index (χ0v) is 15.1. The van der Waals surface area contributed by atoms with Gasteiger partial charge < -0.3 is 9.57 Å². The summed E-state index contributed by atoms with van der Waals surface area (Å²) in [6, 6.07) is 3.78. The van der Waals surface area contributed by atoms with Gasteiger partial charge in [-0.1, -0.05) is 5.16 Å². The number of oxime groups is 1. The number of methoxy groups -OCH3 is 1. The summed E-state index contributed by atoms with van der Waals surface area (Å²) in [5.74, 6) is -0.691. The zero-order chi connectivity index (χ0) is 19.1. The number of nitrogens with zero attached hydrogens (tertiary/aromatic N) is 4. The van der Waals surface area contributed by atoms with E-state index in [1.165, 1.54) is 26.3 Å². The molecule has 138 valence electrons. The maximum Gasteiger partial charge on any atom is 0.433 e. The van der Waals surface area contributed by atoms with Gasteiger partial charge in [0.25, 0.3) is 0 Å². The summed E-state index contributed by atoms with van der Waals surface area (Å²) in [6.45, 7) is 1.44. The van der Waals surface area contributed by atoms with E-state index in [1.54, 1.807) is 6.07 Å². The number of halogens is 4. The Hall–Kier alpha value is -2.43. The number of alkyl halides is 3. The average molecular weight is 433 g/mol. The van der Waals surface area contributed by atoms with Crippen molar-refractivity contribution >= 4 is 27.6 Å². The molecule has 0 fully saturated rings. The summed E-state index contributed by atoms with van der Waals surface area (Å²) < 4.78 is 46.1. The molecule has 1 unspecified atom stereocenters. The minimum atomic E-state index is -4.66. The van der Waals surface area contributed by atoms with Crippen LogP contribution in [0.5, 0.6) is 0 Å². The SMILES string of the molecule is COC(=O)C1(C)CC(c2cc(C(F)(F)F)n(-c3ccc(Br)cn3)n2)=NO1. The van der Waals surface area contributed by atoms with Gasteiger partial charge in [0.15, 0.2) is 11.5 Å². The molecule has 0 bridgehead atoms. The van der Waals surface area contributed by atoms with Gasteiger partial charge in [0.1, 0.15) is 11.4 Å². The van der Waals surface area contributed by atoms with E-state index in [0.717, 1.165) is 6.07 Å². The quantitative estimate of drug-likeness (QED) is 0.696. The summed E-state index contributed by atoms with van der Waals surface area (Å²) in [4.78, 5) is 20.8. The second-order valence-corrected chi connectivity index (χ2v) is 6.60. The Morgan fingerprint density at radius 2 is 2.15 bits per heavy atom. The Balaban J connectivity index is 2.00. The number of ether oxygens (including phenoxy) is 1. The van der Waals surface area contributed by atoms with Gasteiger partial charge >= 0.3 is 12.1 Å². The molecule has 1 aliphatic rings. The third-order valence-electron chi connectivity index (χ3n) is 3.70. The van der Waals surface area contributed by atoms with Crippen molar-refractivity contribution < 1.29 is 27.5 Å². The van der Waals surface area contributed by atoms with Gasteiger partial charge in [-0.25, -0.2) is 14.5 Å². The number of pyridine rings is 1. The van der Waals surface area contributed by atoms with Crippen LogP contribution in [0.4, 0.5) is 13.2 Å². The predicted molar refractivity (Wildman–Crippen MR) is 86.7 cm³/mol. The molecule has 3 heterocycles. The van der Waals surface area contributed by atoms with Crippen LogP contribution < -0.4 is 0 Å². The van der Waals surface area contributed by atoms with Crippen LogP contribution in [-0.4, -0.2) is 39.2 Å². The van der Waals surface area contributed by atoms with Gasteiger partial charge in [0.05, 0.1) is 7.11 Å². The van der Waals surface area contributed by atoms with Gasteiger partial charge in [-0.2, -0.15) is 18.3 Å². The molecule has 0 aromatic carbocycles. The molecule has 0 saturated carbocycles. The molecule has 0 spiro atoms. The standard InChI is InChI=1S/C15H12BrF3N4O3/c1-14(13(24)25-2)6-10(22-26-14)9-5-11(15(17,18)19)23(21-9)12-4-3-8(16)7-20-12/h3-5,7H,6H2,1-2H3. The molecule has 11 heteroatoms. The van der Waals surface area contributed by atoms with E-state index in [1.807, 2.05) is 0 Å². The number of esters is 1. The van der Waals surface area contributed by atoms with Crippen molar-refractivity contribution in [3.63, 3.8) is 0 Å². The largest absolute Gasteiger partial charge is 0.466 e. The molecule has 0 amide bonds. The number of hydrogen-bond donors (Lipinski definition) is 0. The van der Waals surface area contributed by atoms with Gasteiger partial charge in [0, 0.05) is 17.1 Å². The van der Waals surface area contributed by atoms with Gasteiger partial charge in [-0.15, -0.1) is 0 Å². The Morgan fingerprint density at radius 1 is 1.42 bits per heavy atom. The van der Waals surface area contributed by atoms with E-state index >= 15 is 0 Å². The molecule has 0 saturated heterocycles. The van der Waals surface area contributed by atoms with Gasteiger partial charge in [-0.3, -0.25) is 0 Å². The fourth-order valence-electron chi connectivity index (χ4n) is 2.39. The zero-order valence-electron chi connectivity index (χ0n) is 13.5. The molecule has 0 aliphatic carbocycles. The monoisotopic (exact) mass is 432 g/mol. The number of carbonyl (C=O) groups is 1. The number of aromatic nitrogens is 3. The summed E-state index contributed by atoms with van der Waals surface area (Å²) in [5, 5.41) is 7.68. The summed E-state index contributed by atoms with van der Waals surface area (Å²) in [5.41, 5.74) is -2.37. The smallest absolute Gasteiger partial charge is 0.433 e. The lowest BCUT2D eigenvalue weighted by Crippen LogP contribution is -2.36. The molecule has 0 radical (unpaired) electrons. The third kappa shape index (κ3) is 3.30. The highest BCUT2D eigenvalue weighted by atomic mass is 79.9. The highest BCUT2D eigenvalue weighted by Gasteiger charge is 2.45. The van der Waals surface area contributed by atoms with Crippen molar-refractivity contribution in [2.45, 2.75) is 25.1 Å². The van der Waals surface area contributed by atoms with Crippen LogP contribution in [0.15, 0.2) is 34.0 Å². The summed E-state index contributed by atoms with van der Waals surface area (Å²) >= 11 is 3.17. The van der Waals surface area contributed by atoms with Crippen LogP contribution in [0, 0.1) is 0 Å². The maximum absolute atomic E-state index is 13.4. The molecule has 2 aromatic rings. The molecule has 26 heavy (non-hydrogen) atoms. The Labute approximate surface area is 153 Å². The molecule has 0 N–H and O–H groups in total. The fraction of sp³-hybridized carbons (Fsp3) is 0.333. The van der Waals surface area contributed by atoms with Crippen molar-refractivity contribution in [3.05, 3.63) is 40.3 Å². The normalized spacial score (nSPS) is 19.8. The maximum atomic E-state index is 13.4. The Morgan fingerprint density at radius 3 is 2.73 bits per heavy atom. The molecule has 7 nitrogen and oxygen atoms in total. The van der Waals surface area contributed by atoms with Crippen molar-refractivity contribution in [2.24, 2.45) is 5.16 Å². The predicted octanol–water partition coefficient (Wildman–Crippen LogP) is 3.10. The van der Waals surface area contributed by atoms with Crippen LogP contribution >= 0.6 is 15.9 Å². The van der Waals surface area contributed by atoms with Crippen LogP contribution in [0.25, 0.3) is 5.82 Å². The van der Waals surface area contributed by atoms with Crippen LogP contribution in [0.3, 0.4) is 0 Å².